The third-order valence-corrected chi connectivity index (χ3v) is 6.66. The molecule has 26 heavy (non-hydrogen) atoms. The summed E-state index contributed by atoms with van der Waals surface area (Å²) in [6, 6.07) is 8.54. The van der Waals surface area contributed by atoms with Crippen molar-refractivity contribution in [3.05, 3.63) is 35.9 Å². The van der Waals surface area contributed by atoms with Crippen LogP contribution in [-0.4, -0.2) is 47.6 Å². The Balaban J connectivity index is 2.00. The molecule has 1 aliphatic carbocycles. The van der Waals surface area contributed by atoms with E-state index in [4.69, 9.17) is 14.2 Å². The van der Waals surface area contributed by atoms with Gasteiger partial charge in [-0.05, 0) is 45.2 Å². The molecule has 2 unspecified atom stereocenters. The fourth-order valence-electron chi connectivity index (χ4n) is 4.76. The van der Waals surface area contributed by atoms with Crippen molar-refractivity contribution in [2.45, 2.75) is 56.8 Å². The van der Waals surface area contributed by atoms with Crippen molar-refractivity contribution in [1.29, 1.82) is 0 Å². The highest BCUT2D eigenvalue weighted by molar-refractivity contribution is 5.90. The van der Waals surface area contributed by atoms with Gasteiger partial charge < -0.3 is 19.3 Å². The van der Waals surface area contributed by atoms with E-state index in [9.17, 15) is 14.7 Å². The van der Waals surface area contributed by atoms with Crippen LogP contribution in [0.1, 0.15) is 50.4 Å². The Morgan fingerprint density at radius 3 is 2.46 bits per heavy atom. The van der Waals surface area contributed by atoms with Crippen LogP contribution in [0.4, 0.5) is 0 Å². The van der Waals surface area contributed by atoms with Gasteiger partial charge >= 0.3 is 11.9 Å². The molecule has 1 aromatic carbocycles. The first kappa shape index (κ1) is 18.9. The number of fused-ring (bicyclic) bond motifs is 2. The third kappa shape index (κ3) is 2.18. The summed E-state index contributed by atoms with van der Waals surface area (Å²) in [6.45, 7) is 4.98. The normalized spacial score (nSPS) is 38.7. The van der Waals surface area contributed by atoms with Crippen LogP contribution in [0.25, 0.3) is 0 Å². The molecule has 0 aromatic heterocycles. The van der Waals surface area contributed by atoms with Gasteiger partial charge in [-0.3, -0.25) is 4.79 Å². The number of hydrogen-bond donors (Lipinski definition) is 1. The molecule has 1 N–H and O–H groups in total. The van der Waals surface area contributed by atoms with Crippen molar-refractivity contribution in [2.75, 3.05) is 13.7 Å². The number of methoxy groups -OCH3 is 1. The molecule has 6 heteroatoms. The monoisotopic (exact) mass is 362 g/mol. The van der Waals surface area contributed by atoms with Gasteiger partial charge in [-0.25, -0.2) is 4.79 Å². The molecular formula is C20H26O6. The first-order chi connectivity index (χ1) is 12.2. The summed E-state index contributed by atoms with van der Waals surface area (Å²) >= 11 is 0. The molecule has 1 saturated carbocycles. The maximum absolute atomic E-state index is 13.0. The SMILES string of the molecule is CC[C@@]12CCC(C)(O)C(COC(=O)c3ccccc3)(C(=O)O1)[C@@]2(C)OC. The van der Waals surface area contributed by atoms with Crippen molar-refractivity contribution in [1.82, 2.24) is 0 Å². The van der Waals surface area contributed by atoms with E-state index in [0.717, 1.165) is 0 Å². The van der Waals surface area contributed by atoms with Crippen molar-refractivity contribution in [3.8, 4) is 0 Å². The summed E-state index contributed by atoms with van der Waals surface area (Å²) in [5.41, 5.74) is -4.51. The summed E-state index contributed by atoms with van der Waals surface area (Å²) in [4.78, 5) is 25.5. The maximum atomic E-state index is 13.0. The Labute approximate surface area is 153 Å². The van der Waals surface area contributed by atoms with Crippen LogP contribution >= 0.6 is 0 Å². The van der Waals surface area contributed by atoms with Crippen molar-refractivity contribution >= 4 is 11.9 Å². The van der Waals surface area contributed by atoms with E-state index in [1.165, 1.54) is 7.11 Å². The van der Waals surface area contributed by atoms with E-state index in [0.29, 0.717) is 24.8 Å². The highest BCUT2D eigenvalue weighted by Crippen LogP contribution is 2.64. The van der Waals surface area contributed by atoms with Crippen LogP contribution in [0, 0.1) is 5.41 Å². The van der Waals surface area contributed by atoms with E-state index in [1.807, 2.05) is 6.92 Å². The largest absolute Gasteiger partial charge is 0.461 e. The lowest BCUT2D eigenvalue weighted by molar-refractivity contribution is -0.243. The van der Waals surface area contributed by atoms with Gasteiger partial charge in [0.25, 0.3) is 0 Å². The van der Waals surface area contributed by atoms with Gasteiger partial charge in [0.05, 0.1) is 11.2 Å². The molecule has 4 atom stereocenters. The number of carbonyl (C=O) groups excluding carboxylic acids is 2. The zero-order valence-electron chi connectivity index (χ0n) is 15.7. The Morgan fingerprint density at radius 1 is 1.23 bits per heavy atom. The Morgan fingerprint density at radius 2 is 1.88 bits per heavy atom. The second-order valence-electron chi connectivity index (χ2n) is 7.60. The number of esters is 2. The first-order valence-corrected chi connectivity index (χ1v) is 8.93. The van der Waals surface area contributed by atoms with E-state index in [2.05, 4.69) is 0 Å². The number of hydrogen-bond acceptors (Lipinski definition) is 6. The average Bonchev–Trinajstić information content (AvgIpc) is 2.78. The number of ether oxygens (including phenoxy) is 3. The molecule has 3 rings (SSSR count). The molecule has 0 amide bonds. The molecule has 1 aliphatic heterocycles. The first-order valence-electron chi connectivity index (χ1n) is 8.93. The van der Waals surface area contributed by atoms with Gasteiger partial charge in [-0.2, -0.15) is 0 Å². The zero-order valence-corrected chi connectivity index (χ0v) is 15.7. The summed E-state index contributed by atoms with van der Waals surface area (Å²) < 4.78 is 17.1. The van der Waals surface area contributed by atoms with E-state index < -0.39 is 34.2 Å². The van der Waals surface area contributed by atoms with Crippen LogP contribution in [-0.2, 0) is 19.0 Å². The van der Waals surface area contributed by atoms with Gasteiger partial charge in [-0.1, -0.05) is 25.1 Å². The molecule has 2 fully saturated rings. The van der Waals surface area contributed by atoms with Gasteiger partial charge in [0.15, 0.2) is 5.41 Å². The van der Waals surface area contributed by atoms with Crippen molar-refractivity contribution in [2.24, 2.45) is 5.41 Å². The quantitative estimate of drug-likeness (QED) is 0.811. The van der Waals surface area contributed by atoms with E-state index in [1.54, 1.807) is 44.2 Å². The van der Waals surface area contributed by atoms with Crippen LogP contribution in [0.3, 0.4) is 0 Å². The Bertz CT molecular complexity index is 714. The molecule has 0 radical (unpaired) electrons. The topological polar surface area (TPSA) is 82.1 Å². The fraction of sp³-hybridized carbons (Fsp3) is 0.600. The van der Waals surface area contributed by atoms with Crippen LogP contribution in [0.15, 0.2) is 30.3 Å². The Kier molecular flexibility index (Phi) is 4.40. The molecule has 2 bridgehead atoms. The second-order valence-corrected chi connectivity index (χ2v) is 7.60. The molecular weight excluding hydrogens is 336 g/mol. The number of benzene rings is 1. The highest BCUT2D eigenvalue weighted by Gasteiger charge is 2.81. The molecule has 1 saturated heterocycles. The molecule has 2 aliphatic rings. The lowest BCUT2D eigenvalue weighted by Crippen LogP contribution is -2.71. The number of rotatable bonds is 5. The molecule has 6 nitrogen and oxygen atoms in total. The summed E-state index contributed by atoms with van der Waals surface area (Å²) in [5.74, 6) is -1.13. The van der Waals surface area contributed by atoms with Crippen molar-refractivity contribution < 1.29 is 28.9 Å². The minimum Gasteiger partial charge on any atom is -0.461 e. The summed E-state index contributed by atoms with van der Waals surface area (Å²) in [7, 11) is 1.50. The third-order valence-electron chi connectivity index (χ3n) is 6.66. The van der Waals surface area contributed by atoms with Gasteiger partial charge in [0.1, 0.15) is 17.8 Å². The van der Waals surface area contributed by atoms with Crippen molar-refractivity contribution in [3.63, 3.8) is 0 Å². The van der Waals surface area contributed by atoms with Crippen LogP contribution in [0.5, 0.6) is 0 Å². The van der Waals surface area contributed by atoms with Crippen LogP contribution in [0.2, 0.25) is 0 Å². The minimum atomic E-state index is -1.49. The van der Waals surface area contributed by atoms with Crippen LogP contribution < -0.4 is 0 Å². The molecule has 142 valence electrons. The number of carbonyl (C=O) groups is 2. The second kappa shape index (κ2) is 6.06. The van der Waals surface area contributed by atoms with E-state index in [-0.39, 0.29) is 6.61 Å². The lowest BCUT2D eigenvalue weighted by atomic mass is 9.52. The minimum absolute atomic E-state index is 0.307. The maximum Gasteiger partial charge on any atom is 0.338 e. The predicted octanol–water partition coefficient (Wildman–Crippen LogP) is 2.49. The fourth-order valence-corrected chi connectivity index (χ4v) is 4.76. The smallest absolute Gasteiger partial charge is 0.338 e. The predicted molar refractivity (Wildman–Crippen MR) is 93.5 cm³/mol. The molecule has 1 heterocycles. The van der Waals surface area contributed by atoms with E-state index >= 15 is 0 Å². The van der Waals surface area contributed by atoms with Gasteiger partial charge in [0, 0.05) is 7.11 Å². The molecule has 0 spiro atoms. The average molecular weight is 362 g/mol. The van der Waals surface area contributed by atoms with Gasteiger partial charge in [0.2, 0.25) is 0 Å². The molecule has 1 aromatic rings. The highest BCUT2D eigenvalue weighted by atomic mass is 16.6. The standard InChI is InChI=1S/C20H26O6/c1-5-19-12-11-17(2,23)20(16(22)26-19,18(19,3)24-4)13-25-15(21)14-9-7-6-8-10-14/h6-10,23H,5,11-13H2,1-4H3/t17?,18-,19-,20?/m0/s1. The number of aliphatic hydroxyl groups is 1. The summed E-state index contributed by atoms with van der Waals surface area (Å²) in [5, 5.41) is 11.2. The zero-order chi connectivity index (χ0) is 19.2. The lowest BCUT2D eigenvalue weighted by Gasteiger charge is -2.55. The summed E-state index contributed by atoms with van der Waals surface area (Å²) in [6.07, 6.45) is 1.39. The van der Waals surface area contributed by atoms with Gasteiger partial charge in [-0.15, -0.1) is 0 Å². The Hall–Kier alpha value is -1.92.